The standard InChI is InChI=1S/C12H16N2OS/c1-3-8-14(9-7-13)12(15)11-6-5-10(4-2)16-11/h5-6H,3-4,8-9H2,1-2H3. The summed E-state index contributed by atoms with van der Waals surface area (Å²) in [6.45, 7) is 4.89. The Balaban J connectivity index is 2.77. The Bertz CT molecular complexity index is 392. The monoisotopic (exact) mass is 236 g/mol. The Kier molecular flexibility index (Phi) is 5.00. The zero-order valence-electron chi connectivity index (χ0n) is 9.69. The lowest BCUT2D eigenvalue weighted by molar-refractivity contribution is 0.0781. The van der Waals surface area contributed by atoms with Crippen molar-refractivity contribution < 1.29 is 4.79 Å². The van der Waals surface area contributed by atoms with Gasteiger partial charge in [0.2, 0.25) is 0 Å². The quantitative estimate of drug-likeness (QED) is 0.738. The zero-order chi connectivity index (χ0) is 12.0. The molecule has 0 unspecified atom stereocenters. The minimum absolute atomic E-state index is 0.0203. The van der Waals surface area contributed by atoms with E-state index < -0.39 is 0 Å². The van der Waals surface area contributed by atoms with Gasteiger partial charge in [-0.3, -0.25) is 4.79 Å². The molecule has 0 aromatic carbocycles. The van der Waals surface area contributed by atoms with E-state index in [0.29, 0.717) is 6.54 Å². The molecule has 1 amide bonds. The third-order valence-corrected chi connectivity index (χ3v) is 3.48. The van der Waals surface area contributed by atoms with Gasteiger partial charge in [-0.1, -0.05) is 13.8 Å². The number of thiophene rings is 1. The molecule has 16 heavy (non-hydrogen) atoms. The molecule has 1 aromatic rings. The lowest BCUT2D eigenvalue weighted by Gasteiger charge is -2.17. The molecule has 0 saturated heterocycles. The van der Waals surface area contributed by atoms with Crippen LogP contribution in [0.25, 0.3) is 0 Å². The number of nitriles is 1. The van der Waals surface area contributed by atoms with Crippen LogP contribution in [-0.2, 0) is 6.42 Å². The van der Waals surface area contributed by atoms with Crippen molar-refractivity contribution in [2.75, 3.05) is 13.1 Å². The Morgan fingerprint density at radius 1 is 1.50 bits per heavy atom. The van der Waals surface area contributed by atoms with E-state index >= 15 is 0 Å². The lowest BCUT2D eigenvalue weighted by Crippen LogP contribution is -2.31. The SMILES string of the molecule is CCCN(CC#N)C(=O)c1ccc(CC)s1. The Hall–Kier alpha value is -1.34. The van der Waals surface area contributed by atoms with Crippen molar-refractivity contribution in [3.8, 4) is 6.07 Å². The van der Waals surface area contributed by atoms with Crippen molar-refractivity contribution in [2.45, 2.75) is 26.7 Å². The van der Waals surface area contributed by atoms with Gasteiger partial charge in [0.05, 0.1) is 10.9 Å². The topological polar surface area (TPSA) is 44.1 Å². The molecule has 3 nitrogen and oxygen atoms in total. The van der Waals surface area contributed by atoms with Gasteiger partial charge in [-0.25, -0.2) is 0 Å². The first-order valence-electron chi connectivity index (χ1n) is 5.47. The molecular formula is C12H16N2OS. The van der Waals surface area contributed by atoms with Crippen molar-refractivity contribution in [3.05, 3.63) is 21.9 Å². The molecule has 0 bridgehead atoms. The number of rotatable bonds is 5. The Morgan fingerprint density at radius 3 is 2.75 bits per heavy atom. The van der Waals surface area contributed by atoms with Gasteiger partial charge >= 0.3 is 0 Å². The highest BCUT2D eigenvalue weighted by Crippen LogP contribution is 2.18. The van der Waals surface area contributed by atoms with Crippen LogP contribution in [0.15, 0.2) is 12.1 Å². The second kappa shape index (κ2) is 6.29. The van der Waals surface area contributed by atoms with Crippen LogP contribution in [0.1, 0.15) is 34.8 Å². The van der Waals surface area contributed by atoms with Gasteiger partial charge in [-0.2, -0.15) is 5.26 Å². The minimum Gasteiger partial charge on any atom is -0.325 e. The van der Waals surface area contributed by atoms with E-state index in [0.717, 1.165) is 17.7 Å². The van der Waals surface area contributed by atoms with Crippen LogP contribution >= 0.6 is 11.3 Å². The first-order chi connectivity index (χ1) is 7.72. The third-order valence-electron chi connectivity index (χ3n) is 2.26. The van der Waals surface area contributed by atoms with Gasteiger partial charge in [-0.05, 0) is 25.0 Å². The van der Waals surface area contributed by atoms with Crippen molar-refractivity contribution in [2.24, 2.45) is 0 Å². The van der Waals surface area contributed by atoms with Gasteiger partial charge in [0.15, 0.2) is 0 Å². The van der Waals surface area contributed by atoms with Gasteiger partial charge in [0, 0.05) is 11.4 Å². The maximum atomic E-state index is 12.0. The highest BCUT2D eigenvalue weighted by Gasteiger charge is 2.16. The number of hydrogen-bond donors (Lipinski definition) is 0. The predicted octanol–water partition coefficient (Wildman–Crippen LogP) is 2.69. The number of carbonyl (C=O) groups excluding carboxylic acids is 1. The molecule has 0 aliphatic carbocycles. The van der Waals surface area contributed by atoms with Crippen LogP contribution in [0.3, 0.4) is 0 Å². The van der Waals surface area contributed by atoms with Crippen LogP contribution in [0.4, 0.5) is 0 Å². The average Bonchev–Trinajstić information content (AvgIpc) is 2.76. The summed E-state index contributed by atoms with van der Waals surface area (Å²) in [7, 11) is 0. The van der Waals surface area contributed by atoms with Crippen molar-refractivity contribution >= 4 is 17.2 Å². The van der Waals surface area contributed by atoms with Gasteiger partial charge in [-0.15, -0.1) is 11.3 Å². The summed E-state index contributed by atoms with van der Waals surface area (Å²) in [5.41, 5.74) is 0. The van der Waals surface area contributed by atoms with Crippen LogP contribution < -0.4 is 0 Å². The molecular weight excluding hydrogens is 220 g/mol. The van der Waals surface area contributed by atoms with Crippen LogP contribution in [0, 0.1) is 11.3 Å². The van der Waals surface area contributed by atoms with Crippen LogP contribution in [0.2, 0.25) is 0 Å². The number of carbonyl (C=O) groups is 1. The fourth-order valence-corrected chi connectivity index (χ4v) is 2.36. The molecule has 0 fully saturated rings. The molecule has 0 N–H and O–H groups in total. The summed E-state index contributed by atoms with van der Waals surface area (Å²) in [4.78, 5) is 15.6. The fourth-order valence-electron chi connectivity index (χ4n) is 1.45. The predicted molar refractivity (Wildman–Crippen MR) is 65.5 cm³/mol. The van der Waals surface area contributed by atoms with Crippen molar-refractivity contribution in [3.63, 3.8) is 0 Å². The van der Waals surface area contributed by atoms with E-state index in [1.54, 1.807) is 4.90 Å². The summed E-state index contributed by atoms with van der Waals surface area (Å²) in [6.07, 6.45) is 1.82. The molecule has 4 heteroatoms. The number of nitrogens with zero attached hydrogens (tertiary/aromatic N) is 2. The van der Waals surface area contributed by atoms with E-state index in [2.05, 4.69) is 6.92 Å². The Morgan fingerprint density at radius 2 is 2.25 bits per heavy atom. The first-order valence-corrected chi connectivity index (χ1v) is 6.29. The molecule has 1 rings (SSSR count). The van der Waals surface area contributed by atoms with E-state index in [1.165, 1.54) is 16.2 Å². The highest BCUT2D eigenvalue weighted by atomic mass is 32.1. The minimum atomic E-state index is -0.0203. The molecule has 0 spiro atoms. The summed E-state index contributed by atoms with van der Waals surface area (Å²) in [5, 5.41) is 8.67. The zero-order valence-corrected chi connectivity index (χ0v) is 10.5. The third kappa shape index (κ3) is 3.07. The fraction of sp³-hybridized carbons (Fsp3) is 0.500. The Labute approximate surface area is 100 Å². The molecule has 0 aliphatic heterocycles. The van der Waals surface area contributed by atoms with Gasteiger partial charge in [0.1, 0.15) is 6.54 Å². The molecule has 0 atom stereocenters. The van der Waals surface area contributed by atoms with E-state index in [4.69, 9.17) is 5.26 Å². The highest BCUT2D eigenvalue weighted by molar-refractivity contribution is 7.14. The normalized spacial score (nSPS) is 9.81. The molecule has 0 radical (unpaired) electrons. The average molecular weight is 236 g/mol. The second-order valence-corrected chi connectivity index (χ2v) is 4.67. The molecule has 1 heterocycles. The van der Waals surface area contributed by atoms with Crippen LogP contribution in [-0.4, -0.2) is 23.9 Å². The molecule has 86 valence electrons. The summed E-state index contributed by atoms with van der Waals surface area (Å²) < 4.78 is 0. The molecule has 0 aliphatic rings. The maximum absolute atomic E-state index is 12.0. The number of amides is 1. The van der Waals surface area contributed by atoms with Gasteiger partial charge < -0.3 is 4.90 Å². The van der Waals surface area contributed by atoms with E-state index in [9.17, 15) is 4.79 Å². The molecule has 0 saturated carbocycles. The van der Waals surface area contributed by atoms with E-state index in [1.807, 2.05) is 25.1 Å². The second-order valence-electron chi connectivity index (χ2n) is 3.50. The first kappa shape index (κ1) is 12.7. The summed E-state index contributed by atoms with van der Waals surface area (Å²) in [6, 6.07) is 5.87. The van der Waals surface area contributed by atoms with E-state index in [-0.39, 0.29) is 12.5 Å². The number of aryl methyl sites for hydroxylation is 1. The van der Waals surface area contributed by atoms with Gasteiger partial charge in [0.25, 0.3) is 5.91 Å². The smallest absolute Gasteiger partial charge is 0.264 e. The summed E-state index contributed by atoms with van der Waals surface area (Å²) >= 11 is 1.52. The number of hydrogen-bond acceptors (Lipinski definition) is 3. The van der Waals surface area contributed by atoms with Crippen molar-refractivity contribution in [1.29, 1.82) is 5.26 Å². The molecule has 1 aromatic heterocycles. The largest absolute Gasteiger partial charge is 0.325 e. The maximum Gasteiger partial charge on any atom is 0.264 e. The van der Waals surface area contributed by atoms with Crippen molar-refractivity contribution in [1.82, 2.24) is 4.90 Å². The lowest BCUT2D eigenvalue weighted by atomic mass is 10.3. The van der Waals surface area contributed by atoms with Crippen LogP contribution in [0.5, 0.6) is 0 Å². The summed E-state index contributed by atoms with van der Waals surface area (Å²) in [5.74, 6) is -0.0203.